The molecule has 17 heavy (non-hydrogen) atoms. The van der Waals surface area contributed by atoms with Crippen LogP contribution in [-0.2, 0) is 0 Å². The standard InChI is InChI=1S/C11H8N6/c1-7-6-8(15-16-12)10-11(13-7)17-5-3-2-4-9(17)14-10/h2-6H,1H3. The van der Waals surface area contributed by atoms with Gasteiger partial charge < -0.3 is 0 Å². The first kappa shape index (κ1) is 9.62. The van der Waals surface area contributed by atoms with Gasteiger partial charge in [-0.1, -0.05) is 11.2 Å². The van der Waals surface area contributed by atoms with Crippen molar-refractivity contribution in [1.82, 2.24) is 14.4 Å². The van der Waals surface area contributed by atoms with Crippen LogP contribution in [0.1, 0.15) is 5.69 Å². The predicted molar refractivity (Wildman–Crippen MR) is 64.0 cm³/mol. The molecule has 0 aromatic carbocycles. The van der Waals surface area contributed by atoms with E-state index in [1.165, 1.54) is 0 Å². The third kappa shape index (κ3) is 1.39. The van der Waals surface area contributed by atoms with Crippen molar-refractivity contribution >= 4 is 22.5 Å². The monoisotopic (exact) mass is 224 g/mol. The molecule has 6 nitrogen and oxygen atoms in total. The summed E-state index contributed by atoms with van der Waals surface area (Å²) in [6, 6.07) is 7.43. The molecule has 0 aliphatic heterocycles. The number of aromatic nitrogens is 3. The zero-order valence-corrected chi connectivity index (χ0v) is 9.07. The molecule has 0 atom stereocenters. The van der Waals surface area contributed by atoms with Crippen LogP contribution in [0, 0.1) is 6.92 Å². The molecule has 0 amide bonds. The maximum absolute atomic E-state index is 8.55. The van der Waals surface area contributed by atoms with Crippen LogP contribution in [0.4, 0.5) is 5.69 Å². The van der Waals surface area contributed by atoms with Crippen molar-refractivity contribution in [1.29, 1.82) is 0 Å². The number of rotatable bonds is 1. The van der Waals surface area contributed by atoms with E-state index in [1.54, 1.807) is 6.07 Å². The van der Waals surface area contributed by atoms with Gasteiger partial charge >= 0.3 is 0 Å². The van der Waals surface area contributed by atoms with Gasteiger partial charge in [0.15, 0.2) is 5.65 Å². The van der Waals surface area contributed by atoms with Gasteiger partial charge in [-0.2, -0.15) is 0 Å². The molecule has 6 heteroatoms. The van der Waals surface area contributed by atoms with E-state index >= 15 is 0 Å². The van der Waals surface area contributed by atoms with Gasteiger partial charge in [0.1, 0.15) is 11.2 Å². The summed E-state index contributed by atoms with van der Waals surface area (Å²) in [6.45, 7) is 1.86. The van der Waals surface area contributed by atoms with Gasteiger partial charge in [-0.3, -0.25) is 4.40 Å². The molecule has 0 fully saturated rings. The highest BCUT2D eigenvalue weighted by molar-refractivity contribution is 5.87. The van der Waals surface area contributed by atoms with E-state index < -0.39 is 0 Å². The van der Waals surface area contributed by atoms with Gasteiger partial charge in [0.25, 0.3) is 0 Å². The smallest absolute Gasteiger partial charge is 0.165 e. The van der Waals surface area contributed by atoms with E-state index in [-0.39, 0.29) is 0 Å². The van der Waals surface area contributed by atoms with Crippen LogP contribution >= 0.6 is 0 Å². The highest BCUT2D eigenvalue weighted by Crippen LogP contribution is 2.26. The van der Waals surface area contributed by atoms with Crippen molar-refractivity contribution in [2.45, 2.75) is 6.92 Å². The molecule has 0 spiro atoms. The molecule has 0 aliphatic carbocycles. The number of azide groups is 1. The maximum Gasteiger partial charge on any atom is 0.165 e. The van der Waals surface area contributed by atoms with Crippen molar-refractivity contribution in [3.05, 3.63) is 46.6 Å². The van der Waals surface area contributed by atoms with Gasteiger partial charge in [0, 0.05) is 16.8 Å². The largest absolute Gasteiger partial charge is 0.284 e. The number of hydrogen-bond donors (Lipinski definition) is 0. The fourth-order valence-corrected chi connectivity index (χ4v) is 1.85. The van der Waals surface area contributed by atoms with E-state index in [0.717, 1.165) is 11.3 Å². The molecule has 0 N–H and O–H groups in total. The van der Waals surface area contributed by atoms with Crippen molar-refractivity contribution in [3.8, 4) is 0 Å². The lowest BCUT2D eigenvalue weighted by Crippen LogP contribution is -1.87. The van der Waals surface area contributed by atoms with Crippen molar-refractivity contribution in [2.75, 3.05) is 0 Å². The van der Waals surface area contributed by atoms with E-state index in [9.17, 15) is 0 Å². The molecule has 3 heterocycles. The molecule has 82 valence electrons. The summed E-state index contributed by atoms with van der Waals surface area (Å²) in [5.74, 6) is 0. The molecule has 3 rings (SSSR count). The second kappa shape index (κ2) is 3.47. The third-order valence-corrected chi connectivity index (χ3v) is 2.53. The van der Waals surface area contributed by atoms with Crippen LogP contribution in [0.25, 0.3) is 27.3 Å². The molecule has 0 unspecified atom stereocenters. The SMILES string of the molecule is Cc1cc(N=[N+]=[N-])c2nc3ccccn3c2n1. The van der Waals surface area contributed by atoms with E-state index in [1.807, 2.05) is 35.7 Å². The molecule has 0 bridgehead atoms. The fourth-order valence-electron chi connectivity index (χ4n) is 1.85. The highest BCUT2D eigenvalue weighted by Gasteiger charge is 2.09. The molecule has 3 aromatic rings. The Bertz CT molecular complexity index is 766. The molecular formula is C11H8N6. The van der Waals surface area contributed by atoms with Gasteiger partial charge in [0.05, 0.1) is 5.69 Å². The Labute approximate surface area is 96.2 Å². The Kier molecular flexibility index (Phi) is 1.96. The minimum Gasteiger partial charge on any atom is -0.284 e. The van der Waals surface area contributed by atoms with Crippen LogP contribution in [0.5, 0.6) is 0 Å². The first-order chi connectivity index (χ1) is 8.29. The summed E-state index contributed by atoms with van der Waals surface area (Å²) in [4.78, 5) is 11.6. The summed E-state index contributed by atoms with van der Waals surface area (Å²) in [7, 11) is 0. The van der Waals surface area contributed by atoms with Gasteiger partial charge in [-0.15, -0.1) is 0 Å². The Morgan fingerprint density at radius 2 is 2.24 bits per heavy atom. The third-order valence-electron chi connectivity index (χ3n) is 2.53. The normalized spacial score (nSPS) is 10.6. The summed E-state index contributed by atoms with van der Waals surface area (Å²) >= 11 is 0. The summed E-state index contributed by atoms with van der Waals surface area (Å²) in [6.07, 6.45) is 1.89. The Morgan fingerprint density at radius 3 is 3.06 bits per heavy atom. The second-order valence-electron chi connectivity index (χ2n) is 3.69. The van der Waals surface area contributed by atoms with Crippen LogP contribution in [0.3, 0.4) is 0 Å². The number of pyridine rings is 2. The first-order valence-electron chi connectivity index (χ1n) is 5.09. The minimum absolute atomic E-state index is 0.513. The summed E-state index contributed by atoms with van der Waals surface area (Å²) < 4.78 is 1.87. The number of aryl methyl sites for hydroxylation is 1. The van der Waals surface area contributed by atoms with Gasteiger partial charge in [0.2, 0.25) is 0 Å². The minimum atomic E-state index is 0.513. The van der Waals surface area contributed by atoms with Crippen LogP contribution < -0.4 is 0 Å². The zero-order valence-electron chi connectivity index (χ0n) is 9.07. The zero-order chi connectivity index (χ0) is 11.8. The van der Waals surface area contributed by atoms with Crippen molar-refractivity contribution < 1.29 is 0 Å². The van der Waals surface area contributed by atoms with Gasteiger partial charge in [-0.05, 0) is 30.7 Å². The van der Waals surface area contributed by atoms with Gasteiger partial charge in [-0.25, -0.2) is 9.97 Å². The molecule has 0 radical (unpaired) electrons. The molecule has 0 saturated heterocycles. The summed E-state index contributed by atoms with van der Waals surface area (Å²) in [5.41, 5.74) is 12.0. The highest BCUT2D eigenvalue weighted by atomic mass is 15.2. The van der Waals surface area contributed by atoms with Crippen LogP contribution in [-0.4, -0.2) is 14.4 Å². The lowest BCUT2D eigenvalue weighted by molar-refractivity contribution is 1.15. The van der Waals surface area contributed by atoms with E-state index in [4.69, 9.17) is 5.53 Å². The Morgan fingerprint density at radius 1 is 1.35 bits per heavy atom. The topological polar surface area (TPSA) is 79.0 Å². The number of nitrogens with zero attached hydrogens (tertiary/aromatic N) is 6. The lowest BCUT2D eigenvalue weighted by Gasteiger charge is -1.97. The molecule has 0 aliphatic rings. The second-order valence-corrected chi connectivity index (χ2v) is 3.69. The molecular weight excluding hydrogens is 216 g/mol. The van der Waals surface area contributed by atoms with E-state index in [2.05, 4.69) is 20.0 Å². The quantitative estimate of drug-likeness (QED) is 0.361. The van der Waals surface area contributed by atoms with Crippen LogP contribution in [0.2, 0.25) is 0 Å². The average Bonchev–Trinajstić information content (AvgIpc) is 2.69. The predicted octanol–water partition coefficient (Wildman–Crippen LogP) is 3.13. The summed E-state index contributed by atoms with van der Waals surface area (Å²) in [5, 5.41) is 3.66. The first-order valence-corrected chi connectivity index (χ1v) is 5.09. The number of imidazole rings is 1. The fraction of sp³-hybridized carbons (Fsp3) is 0.0909. The molecule has 3 aromatic heterocycles. The maximum atomic E-state index is 8.55. The van der Waals surface area contributed by atoms with Crippen molar-refractivity contribution in [2.24, 2.45) is 5.11 Å². The van der Waals surface area contributed by atoms with Crippen molar-refractivity contribution in [3.63, 3.8) is 0 Å². The Balaban J connectivity index is 2.55. The number of fused-ring (bicyclic) bond motifs is 3. The molecule has 0 saturated carbocycles. The number of hydrogen-bond acceptors (Lipinski definition) is 3. The van der Waals surface area contributed by atoms with Crippen LogP contribution in [0.15, 0.2) is 35.6 Å². The average molecular weight is 224 g/mol. The lowest BCUT2D eigenvalue weighted by atomic mass is 10.3. The Hall–Kier alpha value is -2.59. The van der Waals surface area contributed by atoms with E-state index in [0.29, 0.717) is 16.9 Å².